The van der Waals surface area contributed by atoms with Crippen LogP contribution in [0.5, 0.6) is 0 Å². The van der Waals surface area contributed by atoms with Gasteiger partial charge in [-0.15, -0.1) is 10.2 Å². The van der Waals surface area contributed by atoms with Crippen molar-refractivity contribution >= 4 is 28.9 Å². The molecule has 2 aromatic heterocycles. The summed E-state index contributed by atoms with van der Waals surface area (Å²) in [5.41, 5.74) is 2.81. The van der Waals surface area contributed by atoms with Gasteiger partial charge in [-0.25, -0.2) is 9.97 Å². The average Bonchev–Trinajstić information content (AvgIpc) is 2.92. The molecule has 102 valence electrons. The molecule has 0 saturated carbocycles. The molecule has 0 amide bonds. The summed E-state index contributed by atoms with van der Waals surface area (Å²) in [4.78, 5) is 9.14. The van der Waals surface area contributed by atoms with Gasteiger partial charge in [-0.2, -0.15) is 0 Å². The number of nitrogens with zero attached hydrogens (tertiary/aromatic N) is 4. The average molecular weight is 295 g/mol. The SMILES string of the molecule is CCCNc1nc(CC)nc(Sc2nncs2)c1C. The fraction of sp³-hybridized carbons (Fsp3) is 0.500. The Morgan fingerprint density at radius 1 is 1.32 bits per heavy atom. The van der Waals surface area contributed by atoms with E-state index in [2.05, 4.69) is 39.3 Å². The second kappa shape index (κ2) is 6.81. The zero-order valence-electron chi connectivity index (χ0n) is 11.3. The van der Waals surface area contributed by atoms with Gasteiger partial charge in [0.15, 0.2) is 4.34 Å². The van der Waals surface area contributed by atoms with Crippen LogP contribution in [-0.2, 0) is 6.42 Å². The number of nitrogens with one attached hydrogen (secondary N) is 1. The van der Waals surface area contributed by atoms with E-state index in [1.54, 1.807) is 17.3 Å². The Hall–Kier alpha value is -1.21. The van der Waals surface area contributed by atoms with E-state index < -0.39 is 0 Å². The summed E-state index contributed by atoms with van der Waals surface area (Å²) in [6.07, 6.45) is 1.90. The van der Waals surface area contributed by atoms with Gasteiger partial charge < -0.3 is 5.32 Å². The van der Waals surface area contributed by atoms with Crippen molar-refractivity contribution in [3.8, 4) is 0 Å². The number of hydrogen-bond acceptors (Lipinski definition) is 7. The van der Waals surface area contributed by atoms with Crippen LogP contribution < -0.4 is 5.32 Å². The molecule has 2 rings (SSSR count). The number of anilines is 1. The van der Waals surface area contributed by atoms with Crippen molar-refractivity contribution in [2.45, 2.75) is 43.0 Å². The highest BCUT2D eigenvalue weighted by Gasteiger charge is 2.12. The van der Waals surface area contributed by atoms with Crippen LogP contribution in [0.2, 0.25) is 0 Å². The summed E-state index contributed by atoms with van der Waals surface area (Å²) in [6, 6.07) is 0. The molecule has 0 unspecified atom stereocenters. The van der Waals surface area contributed by atoms with Gasteiger partial charge in [-0.3, -0.25) is 0 Å². The van der Waals surface area contributed by atoms with Crippen LogP contribution in [0.25, 0.3) is 0 Å². The largest absolute Gasteiger partial charge is 0.370 e. The summed E-state index contributed by atoms with van der Waals surface area (Å²) in [7, 11) is 0. The number of hydrogen-bond donors (Lipinski definition) is 1. The minimum Gasteiger partial charge on any atom is -0.370 e. The number of rotatable bonds is 6. The van der Waals surface area contributed by atoms with E-state index in [0.717, 1.165) is 46.0 Å². The molecule has 0 radical (unpaired) electrons. The van der Waals surface area contributed by atoms with Crippen molar-refractivity contribution < 1.29 is 0 Å². The van der Waals surface area contributed by atoms with Crippen molar-refractivity contribution in [3.05, 3.63) is 16.9 Å². The third-order valence-electron chi connectivity index (χ3n) is 2.53. The van der Waals surface area contributed by atoms with Crippen LogP contribution in [0, 0.1) is 6.92 Å². The van der Waals surface area contributed by atoms with Gasteiger partial charge in [-0.05, 0) is 25.1 Å². The van der Waals surface area contributed by atoms with Gasteiger partial charge in [0.2, 0.25) is 0 Å². The molecule has 0 bridgehead atoms. The maximum atomic E-state index is 4.59. The Balaban J connectivity index is 2.30. The van der Waals surface area contributed by atoms with Gasteiger partial charge in [0, 0.05) is 18.5 Å². The molecule has 19 heavy (non-hydrogen) atoms. The van der Waals surface area contributed by atoms with E-state index in [9.17, 15) is 0 Å². The zero-order chi connectivity index (χ0) is 13.7. The molecule has 7 heteroatoms. The highest BCUT2D eigenvalue weighted by molar-refractivity contribution is 8.01. The van der Waals surface area contributed by atoms with Crippen LogP contribution in [0.15, 0.2) is 14.9 Å². The maximum absolute atomic E-state index is 4.59. The van der Waals surface area contributed by atoms with Gasteiger partial charge in [-0.1, -0.05) is 25.2 Å². The quantitative estimate of drug-likeness (QED) is 0.826. The van der Waals surface area contributed by atoms with Crippen LogP contribution >= 0.6 is 23.1 Å². The molecular formula is C12H17N5S2. The Bertz CT molecular complexity index is 527. The molecule has 0 aliphatic carbocycles. The van der Waals surface area contributed by atoms with Crippen LogP contribution in [0.3, 0.4) is 0 Å². The van der Waals surface area contributed by atoms with E-state index in [0.29, 0.717) is 0 Å². The molecule has 0 atom stereocenters. The second-order valence-corrected chi connectivity index (χ2v) is 6.07. The minimum absolute atomic E-state index is 0.824. The van der Waals surface area contributed by atoms with Gasteiger partial charge in [0.1, 0.15) is 22.2 Å². The molecule has 2 aromatic rings. The fourth-order valence-electron chi connectivity index (χ4n) is 1.50. The van der Waals surface area contributed by atoms with Crippen molar-refractivity contribution in [2.75, 3.05) is 11.9 Å². The zero-order valence-corrected chi connectivity index (χ0v) is 12.9. The van der Waals surface area contributed by atoms with E-state index in [1.165, 1.54) is 11.3 Å². The number of aromatic nitrogens is 4. The van der Waals surface area contributed by atoms with Gasteiger partial charge in [0.25, 0.3) is 0 Å². The predicted octanol–water partition coefficient (Wildman–Crippen LogP) is 3.17. The van der Waals surface area contributed by atoms with E-state index in [4.69, 9.17) is 0 Å². The molecule has 0 aromatic carbocycles. The smallest absolute Gasteiger partial charge is 0.180 e. The standard InChI is InChI=1S/C12H17N5S2/c1-4-6-13-10-8(3)11(16-9(5-2)15-10)19-12-17-14-7-18-12/h7H,4-6H2,1-3H3,(H,13,15,16). The monoisotopic (exact) mass is 295 g/mol. The summed E-state index contributed by atoms with van der Waals surface area (Å²) < 4.78 is 0.908. The summed E-state index contributed by atoms with van der Waals surface area (Å²) in [5, 5.41) is 12.2. The fourth-order valence-corrected chi connectivity index (χ4v) is 2.99. The Morgan fingerprint density at radius 3 is 2.79 bits per heavy atom. The van der Waals surface area contributed by atoms with Crippen LogP contribution in [0.4, 0.5) is 5.82 Å². The van der Waals surface area contributed by atoms with Crippen LogP contribution in [0.1, 0.15) is 31.7 Å². The summed E-state index contributed by atoms with van der Waals surface area (Å²) in [5.74, 6) is 1.79. The first-order chi connectivity index (χ1) is 9.24. The predicted molar refractivity (Wildman–Crippen MR) is 79.0 cm³/mol. The van der Waals surface area contributed by atoms with E-state index in [-0.39, 0.29) is 0 Å². The van der Waals surface area contributed by atoms with Crippen molar-refractivity contribution in [1.29, 1.82) is 0 Å². The minimum atomic E-state index is 0.824. The first kappa shape index (κ1) is 14.2. The molecule has 0 fully saturated rings. The molecule has 5 nitrogen and oxygen atoms in total. The molecule has 1 N–H and O–H groups in total. The second-order valence-electron chi connectivity index (χ2n) is 4.01. The number of aryl methyl sites for hydroxylation is 1. The van der Waals surface area contributed by atoms with Gasteiger partial charge in [0.05, 0.1) is 0 Å². The van der Waals surface area contributed by atoms with Crippen molar-refractivity contribution in [3.63, 3.8) is 0 Å². The molecule has 0 aliphatic heterocycles. The molecule has 0 spiro atoms. The highest BCUT2D eigenvalue weighted by Crippen LogP contribution is 2.31. The van der Waals surface area contributed by atoms with E-state index in [1.807, 2.05) is 6.92 Å². The first-order valence-corrected chi connectivity index (χ1v) is 7.99. The van der Waals surface area contributed by atoms with Crippen molar-refractivity contribution in [1.82, 2.24) is 20.2 Å². The Kier molecular flexibility index (Phi) is 5.09. The molecule has 2 heterocycles. The van der Waals surface area contributed by atoms with Crippen LogP contribution in [-0.4, -0.2) is 26.7 Å². The normalized spacial score (nSPS) is 10.7. The van der Waals surface area contributed by atoms with E-state index >= 15 is 0 Å². The third kappa shape index (κ3) is 3.63. The Labute approximate surface area is 121 Å². The maximum Gasteiger partial charge on any atom is 0.180 e. The summed E-state index contributed by atoms with van der Waals surface area (Å²) >= 11 is 3.08. The highest BCUT2D eigenvalue weighted by atomic mass is 32.2. The summed E-state index contributed by atoms with van der Waals surface area (Å²) in [6.45, 7) is 7.17. The molecule has 0 saturated heterocycles. The third-order valence-corrected chi connectivity index (χ3v) is 4.40. The lowest BCUT2D eigenvalue weighted by atomic mass is 10.3. The lowest BCUT2D eigenvalue weighted by molar-refractivity contribution is 0.860. The molecular weight excluding hydrogens is 278 g/mol. The van der Waals surface area contributed by atoms with Gasteiger partial charge >= 0.3 is 0 Å². The molecule has 0 aliphatic rings. The lowest BCUT2D eigenvalue weighted by Gasteiger charge is -2.12. The lowest BCUT2D eigenvalue weighted by Crippen LogP contribution is -2.08. The first-order valence-electron chi connectivity index (χ1n) is 6.30. The Morgan fingerprint density at radius 2 is 2.16 bits per heavy atom. The van der Waals surface area contributed by atoms with Crippen molar-refractivity contribution in [2.24, 2.45) is 0 Å². The topological polar surface area (TPSA) is 63.6 Å².